The van der Waals surface area contributed by atoms with Gasteiger partial charge in [-0.2, -0.15) is 0 Å². The Bertz CT molecular complexity index is 751. The molecular formula is C21H27N3O. The molecule has 0 N–H and O–H groups in total. The Balaban J connectivity index is 1.42. The van der Waals surface area contributed by atoms with Crippen LogP contribution in [0, 0.1) is 0 Å². The van der Waals surface area contributed by atoms with Crippen molar-refractivity contribution < 1.29 is 4.79 Å². The molecule has 4 rings (SSSR count). The van der Waals surface area contributed by atoms with Gasteiger partial charge in [-0.15, -0.1) is 0 Å². The molecule has 2 unspecified atom stereocenters. The minimum absolute atomic E-state index is 0.324. The largest absolute Gasteiger partial charge is 0.341 e. The highest BCUT2D eigenvalue weighted by Crippen LogP contribution is 2.36. The van der Waals surface area contributed by atoms with Crippen LogP contribution in [-0.2, 0) is 17.6 Å². The van der Waals surface area contributed by atoms with Gasteiger partial charge in [0.15, 0.2) is 0 Å². The van der Waals surface area contributed by atoms with E-state index in [-0.39, 0.29) is 0 Å². The van der Waals surface area contributed by atoms with E-state index in [4.69, 9.17) is 0 Å². The van der Waals surface area contributed by atoms with Crippen LogP contribution in [0.5, 0.6) is 0 Å². The predicted octanol–water partition coefficient (Wildman–Crippen LogP) is 3.73. The molecule has 1 aliphatic heterocycles. The van der Waals surface area contributed by atoms with E-state index in [2.05, 4.69) is 51.8 Å². The van der Waals surface area contributed by atoms with Crippen LogP contribution in [0.1, 0.15) is 61.5 Å². The van der Waals surface area contributed by atoms with Crippen molar-refractivity contribution in [2.45, 2.75) is 57.4 Å². The van der Waals surface area contributed by atoms with Gasteiger partial charge in [-0.05, 0) is 42.7 Å². The number of fused-ring (bicyclic) bond motifs is 1. The maximum Gasteiger partial charge on any atom is 0.223 e. The molecule has 1 fully saturated rings. The molecule has 25 heavy (non-hydrogen) atoms. The van der Waals surface area contributed by atoms with Gasteiger partial charge in [0.05, 0.1) is 6.04 Å². The molecule has 1 saturated heterocycles. The fourth-order valence-electron chi connectivity index (χ4n) is 4.56. The third-order valence-corrected chi connectivity index (χ3v) is 5.89. The maximum absolute atomic E-state index is 12.9. The minimum Gasteiger partial charge on any atom is -0.341 e. The van der Waals surface area contributed by atoms with Crippen LogP contribution < -0.4 is 0 Å². The Kier molecular flexibility index (Phi) is 4.60. The molecule has 0 saturated carbocycles. The molecule has 1 aromatic heterocycles. The summed E-state index contributed by atoms with van der Waals surface area (Å²) in [5.74, 6) is 1.86. The lowest BCUT2D eigenvalue weighted by Crippen LogP contribution is -2.41. The van der Waals surface area contributed by atoms with Crippen molar-refractivity contribution >= 4 is 5.91 Å². The average molecular weight is 337 g/mol. The van der Waals surface area contributed by atoms with E-state index in [0.29, 0.717) is 24.3 Å². The highest BCUT2D eigenvalue weighted by molar-refractivity contribution is 5.77. The van der Waals surface area contributed by atoms with Gasteiger partial charge in [0, 0.05) is 38.3 Å². The Morgan fingerprint density at radius 2 is 2.16 bits per heavy atom. The van der Waals surface area contributed by atoms with Crippen LogP contribution in [0.3, 0.4) is 0 Å². The number of aromatic nitrogens is 2. The molecule has 0 radical (unpaired) electrons. The summed E-state index contributed by atoms with van der Waals surface area (Å²) >= 11 is 0. The topological polar surface area (TPSA) is 38.1 Å². The molecule has 2 aliphatic rings. The Morgan fingerprint density at radius 3 is 3.04 bits per heavy atom. The molecule has 1 aromatic carbocycles. The monoisotopic (exact) mass is 337 g/mol. The summed E-state index contributed by atoms with van der Waals surface area (Å²) in [6.07, 6.45) is 10.0. The predicted molar refractivity (Wildman–Crippen MR) is 98.6 cm³/mol. The maximum atomic E-state index is 12.9. The number of carbonyl (C=O) groups is 1. The van der Waals surface area contributed by atoms with E-state index in [1.807, 2.05) is 6.20 Å². The minimum atomic E-state index is 0.324. The third kappa shape index (κ3) is 3.22. The summed E-state index contributed by atoms with van der Waals surface area (Å²) in [5, 5.41) is 0. The molecule has 2 atom stereocenters. The van der Waals surface area contributed by atoms with Crippen LogP contribution in [-0.4, -0.2) is 33.4 Å². The summed E-state index contributed by atoms with van der Waals surface area (Å²) in [6.45, 7) is 3.87. The number of carbonyl (C=O) groups excluding carboxylic acids is 1. The van der Waals surface area contributed by atoms with Crippen molar-refractivity contribution in [1.82, 2.24) is 14.5 Å². The van der Waals surface area contributed by atoms with Crippen molar-refractivity contribution in [1.29, 1.82) is 0 Å². The van der Waals surface area contributed by atoms with Crippen molar-refractivity contribution in [3.8, 4) is 0 Å². The summed E-state index contributed by atoms with van der Waals surface area (Å²) in [5.41, 5.74) is 2.83. The lowest BCUT2D eigenvalue weighted by molar-refractivity contribution is -0.133. The zero-order chi connectivity index (χ0) is 17.2. The standard InChI is InChI=1S/C21H27N3O/c1-2-20-22-11-13-24(20)18-7-5-12-23(15-18)21(25)14-17-10-9-16-6-3-4-8-19(16)17/h3-4,6,8,11,13,17-18H,2,5,7,9-10,12,14-15H2,1H3. The molecule has 0 bridgehead atoms. The second-order valence-electron chi connectivity index (χ2n) is 7.38. The summed E-state index contributed by atoms with van der Waals surface area (Å²) in [6, 6.07) is 9.00. The lowest BCUT2D eigenvalue weighted by atomic mass is 9.96. The zero-order valence-electron chi connectivity index (χ0n) is 15.0. The molecular weight excluding hydrogens is 310 g/mol. The second kappa shape index (κ2) is 7.03. The number of nitrogens with zero attached hydrogens (tertiary/aromatic N) is 3. The summed E-state index contributed by atoms with van der Waals surface area (Å²) < 4.78 is 2.28. The molecule has 4 nitrogen and oxygen atoms in total. The Morgan fingerprint density at radius 1 is 1.28 bits per heavy atom. The quantitative estimate of drug-likeness (QED) is 0.852. The number of piperidine rings is 1. The van der Waals surface area contributed by atoms with Crippen molar-refractivity contribution in [2.24, 2.45) is 0 Å². The van der Waals surface area contributed by atoms with E-state index in [1.54, 1.807) is 0 Å². The van der Waals surface area contributed by atoms with Gasteiger partial charge >= 0.3 is 0 Å². The smallest absolute Gasteiger partial charge is 0.223 e. The highest BCUT2D eigenvalue weighted by atomic mass is 16.2. The number of hydrogen-bond acceptors (Lipinski definition) is 2. The molecule has 1 aliphatic carbocycles. The van der Waals surface area contributed by atoms with Crippen molar-refractivity contribution in [3.63, 3.8) is 0 Å². The normalized spacial score (nSPS) is 22.8. The fourth-order valence-corrected chi connectivity index (χ4v) is 4.56. The Labute approximate surface area is 149 Å². The number of likely N-dealkylation sites (tertiary alicyclic amines) is 1. The first-order chi connectivity index (χ1) is 12.3. The highest BCUT2D eigenvalue weighted by Gasteiger charge is 2.29. The first kappa shape index (κ1) is 16.4. The number of amides is 1. The van der Waals surface area contributed by atoms with E-state index in [9.17, 15) is 4.79 Å². The summed E-state index contributed by atoms with van der Waals surface area (Å²) in [7, 11) is 0. The molecule has 0 spiro atoms. The van der Waals surface area contributed by atoms with Crippen LogP contribution >= 0.6 is 0 Å². The molecule has 1 amide bonds. The van der Waals surface area contributed by atoms with Gasteiger partial charge in [-0.1, -0.05) is 31.2 Å². The number of benzene rings is 1. The molecule has 2 aromatic rings. The number of rotatable bonds is 4. The van der Waals surface area contributed by atoms with Gasteiger partial charge in [-0.25, -0.2) is 4.98 Å². The van der Waals surface area contributed by atoms with Gasteiger partial charge in [0.1, 0.15) is 5.82 Å². The van der Waals surface area contributed by atoms with E-state index >= 15 is 0 Å². The molecule has 4 heteroatoms. The molecule has 132 valence electrons. The second-order valence-corrected chi connectivity index (χ2v) is 7.38. The number of aryl methyl sites for hydroxylation is 2. The Hall–Kier alpha value is -2.10. The van der Waals surface area contributed by atoms with Gasteiger partial charge in [0.25, 0.3) is 0 Å². The summed E-state index contributed by atoms with van der Waals surface area (Å²) in [4.78, 5) is 19.5. The van der Waals surface area contributed by atoms with E-state index in [0.717, 1.165) is 51.0 Å². The van der Waals surface area contributed by atoms with Gasteiger partial charge < -0.3 is 9.47 Å². The van der Waals surface area contributed by atoms with Gasteiger partial charge in [-0.3, -0.25) is 4.79 Å². The number of imidazole rings is 1. The average Bonchev–Trinajstić information content (AvgIpc) is 3.29. The molecule has 2 heterocycles. The fraction of sp³-hybridized carbons (Fsp3) is 0.524. The van der Waals surface area contributed by atoms with Crippen LogP contribution in [0.25, 0.3) is 0 Å². The first-order valence-electron chi connectivity index (χ1n) is 9.63. The van der Waals surface area contributed by atoms with Crippen molar-refractivity contribution in [3.05, 3.63) is 53.6 Å². The van der Waals surface area contributed by atoms with Crippen LogP contribution in [0.4, 0.5) is 0 Å². The van der Waals surface area contributed by atoms with Gasteiger partial charge in [0.2, 0.25) is 5.91 Å². The van der Waals surface area contributed by atoms with Crippen molar-refractivity contribution in [2.75, 3.05) is 13.1 Å². The lowest BCUT2D eigenvalue weighted by Gasteiger charge is -2.34. The van der Waals surface area contributed by atoms with E-state index in [1.165, 1.54) is 11.1 Å². The first-order valence-corrected chi connectivity index (χ1v) is 9.63. The number of hydrogen-bond donors (Lipinski definition) is 0. The third-order valence-electron chi connectivity index (χ3n) is 5.89. The SMILES string of the molecule is CCc1nccn1C1CCCN(C(=O)CC2CCc3ccccc32)C1. The zero-order valence-corrected chi connectivity index (χ0v) is 15.0. The van der Waals surface area contributed by atoms with E-state index < -0.39 is 0 Å². The van der Waals surface area contributed by atoms with Crippen LogP contribution in [0.15, 0.2) is 36.7 Å². The van der Waals surface area contributed by atoms with Crippen LogP contribution in [0.2, 0.25) is 0 Å².